The van der Waals surface area contributed by atoms with Crippen molar-refractivity contribution in [1.82, 2.24) is 0 Å². The van der Waals surface area contributed by atoms with Gasteiger partial charge in [0.25, 0.3) is 0 Å². The molecule has 0 bridgehead atoms. The summed E-state index contributed by atoms with van der Waals surface area (Å²) in [6, 6.07) is 0. The van der Waals surface area contributed by atoms with Gasteiger partial charge in [0.1, 0.15) is 5.78 Å². The van der Waals surface area contributed by atoms with Crippen molar-refractivity contribution in [3.8, 4) is 0 Å². The van der Waals surface area contributed by atoms with Gasteiger partial charge in [0.15, 0.2) is 0 Å². The number of rotatable bonds is 4. The summed E-state index contributed by atoms with van der Waals surface area (Å²) >= 11 is 0. The highest BCUT2D eigenvalue weighted by Gasteiger charge is 2.38. The molecule has 3 heteroatoms. The highest BCUT2D eigenvalue weighted by molar-refractivity contribution is 5.86. The minimum Gasteiger partial charge on any atom is -0.481 e. The molecule has 0 aliphatic heterocycles. The van der Waals surface area contributed by atoms with Crippen molar-refractivity contribution in [2.45, 2.75) is 34.1 Å². The summed E-state index contributed by atoms with van der Waals surface area (Å²) in [6.07, 6.45) is 0.578. The molecule has 3 nitrogen and oxygen atoms in total. The SMILES string of the molecule is CCC(C(C)=O)C(C)(C)C(=O)O. The number of hydrogen-bond donors (Lipinski definition) is 1. The van der Waals surface area contributed by atoms with E-state index in [2.05, 4.69) is 0 Å². The molecule has 0 aliphatic carbocycles. The molecule has 1 unspecified atom stereocenters. The fourth-order valence-electron chi connectivity index (χ4n) is 1.45. The average molecular weight is 172 g/mol. The molecular weight excluding hydrogens is 156 g/mol. The predicted molar refractivity (Wildman–Crippen MR) is 45.9 cm³/mol. The largest absolute Gasteiger partial charge is 0.481 e. The normalized spacial score (nSPS) is 14.0. The van der Waals surface area contributed by atoms with E-state index in [-0.39, 0.29) is 11.7 Å². The van der Waals surface area contributed by atoms with Crippen LogP contribution in [0.4, 0.5) is 0 Å². The summed E-state index contributed by atoms with van der Waals surface area (Å²) in [5.74, 6) is -1.34. The molecule has 0 aliphatic rings. The molecule has 0 radical (unpaired) electrons. The number of hydrogen-bond acceptors (Lipinski definition) is 2. The molecule has 1 N–H and O–H groups in total. The van der Waals surface area contributed by atoms with Crippen molar-refractivity contribution in [3.05, 3.63) is 0 Å². The van der Waals surface area contributed by atoms with Gasteiger partial charge in [-0.3, -0.25) is 9.59 Å². The second-order valence-corrected chi connectivity index (χ2v) is 3.60. The number of aliphatic carboxylic acids is 1. The molecule has 0 amide bonds. The Balaban J connectivity index is 4.71. The first-order valence-electron chi connectivity index (χ1n) is 4.07. The van der Waals surface area contributed by atoms with Gasteiger partial charge in [-0.2, -0.15) is 0 Å². The summed E-state index contributed by atoms with van der Waals surface area (Å²) in [7, 11) is 0. The Morgan fingerprint density at radius 2 is 1.83 bits per heavy atom. The van der Waals surface area contributed by atoms with E-state index in [4.69, 9.17) is 5.11 Å². The molecule has 0 saturated carbocycles. The van der Waals surface area contributed by atoms with E-state index in [0.29, 0.717) is 6.42 Å². The lowest BCUT2D eigenvalue weighted by atomic mass is 9.75. The lowest BCUT2D eigenvalue weighted by Crippen LogP contribution is -2.36. The Hall–Kier alpha value is -0.860. The van der Waals surface area contributed by atoms with Crippen LogP contribution in [0.3, 0.4) is 0 Å². The van der Waals surface area contributed by atoms with E-state index < -0.39 is 11.4 Å². The van der Waals surface area contributed by atoms with Crippen molar-refractivity contribution >= 4 is 11.8 Å². The van der Waals surface area contributed by atoms with Gasteiger partial charge in [0.05, 0.1) is 5.41 Å². The van der Waals surface area contributed by atoms with Gasteiger partial charge in [-0.1, -0.05) is 6.92 Å². The molecular formula is C9H16O3. The maximum Gasteiger partial charge on any atom is 0.309 e. The van der Waals surface area contributed by atoms with E-state index >= 15 is 0 Å². The smallest absolute Gasteiger partial charge is 0.309 e. The quantitative estimate of drug-likeness (QED) is 0.702. The van der Waals surface area contributed by atoms with Crippen LogP contribution in [0.25, 0.3) is 0 Å². The topological polar surface area (TPSA) is 54.4 Å². The van der Waals surface area contributed by atoms with Crippen LogP contribution < -0.4 is 0 Å². The zero-order valence-electron chi connectivity index (χ0n) is 8.05. The first kappa shape index (κ1) is 11.1. The molecule has 0 rings (SSSR count). The van der Waals surface area contributed by atoms with Gasteiger partial charge in [-0.05, 0) is 27.2 Å². The van der Waals surface area contributed by atoms with E-state index in [1.165, 1.54) is 6.92 Å². The third kappa shape index (κ3) is 2.06. The molecule has 0 heterocycles. The molecule has 0 saturated heterocycles. The number of Topliss-reactive ketones (excluding diaryl/α,β-unsaturated/α-hetero) is 1. The molecule has 1 atom stereocenters. The highest BCUT2D eigenvalue weighted by Crippen LogP contribution is 2.30. The summed E-state index contributed by atoms with van der Waals surface area (Å²) < 4.78 is 0. The fraction of sp³-hybridized carbons (Fsp3) is 0.778. The van der Waals surface area contributed by atoms with E-state index in [1.807, 2.05) is 6.92 Å². The monoisotopic (exact) mass is 172 g/mol. The Morgan fingerprint density at radius 3 is 1.92 bits per heavy atom. The van der Waals surface area contributed by atoms with Gasteiger partial charge in [0.2, 0.25) is 0 Å². The Bertz CT molecular complexity index is 194. The summed E-state index contributed by atoms with van der Waals surface area (Å²) in [5.41, 5.74) is -0.944. The van der Waals surface area contributed by atoms with Crippen molar-refractivity contribution in [3.63, 3.8) is 0 Å². The zero-order valence-corrected chi connectivity index (χ0v) is 8.05. The van der Waals surface area contributed by atoms with Gasteiger partial charge in [0, 0.05) is 5.92 Å². The highest BCUT2D eigenvalue weighted by atomic mass is 16.4. The fourth-order valence-corrected chi connectivity index (χ4v) is 1.45. The average Bonchev–Trinajstić information content (AvgIpc) is 1.86. The van der Waals surface area contributed by atoms with E-state index in [0.717, 1.165) is 0 Å². The predicted octanol–water partition coefficient (Wildman–Crippen LogP) is 1.71. The Kier molecular flexibility index (Phi) is 3.43. The molecule has 70 valence electrons. The number of carboxylic acids is 1. The lowest BCUT2D eigenvalue weighted by molar-refractivity contribution is -0.153. The maximum absolute atomic E-state index is 11.1. The molecule has 0 fully saturated rings. The van der Waals surface area contributed by atoms with Gasteiger partial charge < -0.3 is 5.11 Å². The Labute approximate surface area is 72.8 Å². The zero-order chi connectivity index (χ0) is 9.94. The molecule has 0 aromatic carbocycles. The molecule has 0 aromatic rings. The second kappa shape index (κ2) is 3.70. The van der Waals surface area contributed by atoms with E-state index in [9.17, 15) is 9.59 Å². The van der Waals surface area contributed by atoms with Crippen LogP contribution in [-0.4, -0.2) is 16.9 Å². The van der Waals surface area contributed by atoms with Crippen LogP contribution in [0.1, 0.15) is 34.1 Å². The Morgan fingerprint density at radius 1 is 1.42 bits per heavy atom. The minimum atomic E-state index is -0.944. The van der Waals surface area contributed by atoms with Gasteiger partial charge in [-0.15, -0.1) is 0 Å². The number of carbonyl (C=O) groups is 2. The first-order chi connectivity index (χ1) is 5.34. The van der Waals surface area contributed by atoms with Crippen molar-refractivity contribution in [1.29, 1.82) is 0 Å². The number of carbonyl (C=O) groups excluding carboxylic acids is 1. The van der Waals surface area contributed by atoms with Crippen LogP contribution in [0, 0.1) is 11.3 Å². The molecule has 0 spiro atoms. The van der Waals surface area contributed by atoms with Gasteiger partial charge >= 0.3 is 5.97 Å². The van der Waals surface area contributed by atoms with Crippen molar-refractivity contribution < 1.29 is 14.7 Å². The maximum atomic E-state index is 11.1. The van der Waals surface area contributed by atoms with Crippen LogP contribution in [0.15, 0.2) is 0 Å². The standard InChI is InChI=1S/C9H16O3/c1-5-7(6(2)10)9(3,4)8(11)12/h7H,5H2,1-4H3,(H,11,12). The third-order valence-electron chi connectivity index (χ3n) is 2.32. The first-order valence-corrected chi connectivity index (χ1v) is 4.07. The minimum absolute atomic E-state index is 0.0510. The summed E-state index contributed by atoms with van der Waals surface area (Å²) in [4.78, 5) is 21.8. The van der Waals surface area contributed by atoms with Crippen molar-refractivity contribution in [2.75, 3.05) is 0 Å². The molecule has 12 heavy (non-hydrogen) atoms. The molecule has 0 aromatic heterocycles. The van der Waals surface area contributed by atoms with Crippen LogP contribution in [0.5, 0.6) is 0 Å². The van der Waals surface area contributed by atoms with Crippen molar-refractivity contribution in [2.24, 2.45) is 11.3 Å². The van der Waals surface area contributed by atoms with Crippen LogP contribution in [-0.2, 0) is 9.59 Å². The number of carboxylic acid groups (broad SMARTS) is 1. The summed E-state index contributed by atoms with van der Waals surface area (Å²) in [5, 5.41) is 8.84. The third-order valence-corrected chi connectivity index (χ3v) is 2.32. The van der Waals surface area contributed by atoms with Crippen LogP contribution >= 0.6 is 0 Å². The van der Waals surface area contributed by atoms with Crippen LogP contribution in [0.2, 0.25) is 0 Å². The second-order valence-electron chi connectivity index (χ2n) is 3.60. The van der Waals surface area contributed by atoms with E-state index in [1.54, 1.807) is 13.8 Å². The van der Waals surface area contributed by atoms with Gasteiger partial charge in [-0.25, -0.2) is 0 Å². The number of ketones is 1. The summed E-state index contributed by atoms with van der Waals surface area (Å²) in [6.45, 7) is 6.45. The lowest BCUT2D eigenvalue weighted by Gasteiger charge is -2.27.